The summed E-state index contributed by atoms with van der Waals surface area (Å²) >= 11 is 0. The van der Waals surface area contributed by atoms with Crippen LogP contribution in [0.3, 0.4) is 0 Å². The SMILES string of the molecule is [c]1cccc(-c2nc(-c3ccc4ccccc4c3)cc(-c3ccc4ccccc4c3)n2)c1. The number of hydrogen-bond acceptors (Lipinski definition) is 2. The van der Waals surface area contributed by atoms with Crippen LogP contribution in [0, 0.1) is 6.07 Å². The third-order valence-corrected chi connectivity index (χ3v) is 5.78. The van der Waals surface area contributed by atoms with E-state index in [1.807, 2.05) is 24.3 Å². The van der Waals surface area contributed by atoms with Crippen LogP contribution >= 0.6 is 0 Å². The molecule has 1 radical (unpaired) electrons. The third kappa shape index (κ3) is 3.42. The summed E-state index contributed by atoms with van der Waals surface area (Å²) in [7, 11) is 0. The Kier molecular flexibility index (Phi) is 4.47. The molecule has 149 valence electrons. The highest BCUT2D eigenvalue weighted by atomic mass is 14.9. The molecule has 1 aromatic heterocycles. The maximum absolute atomic E-state index is 4.94. The van der Waals surface area contributed by atoms with Gasteiger partial charge in [0.05, 0.1) is 11.4 Å². The first-order valence-electron chi connectivity index (χ1n) is 10.7. The number of benzene rings is 5. The molecule has 0 fully saturated rings. The number of aromatic nitrogens is 2. The maximum Gasteiger partial charge on any atom is 0.160 e. The van der Waals surface area contributed by atoms with Crippen LogP contribution in [0.4, 0.5) is 0 Å². The summed E-state index contributed by atoms with van der Waals surface area (Å²) in [4.78, 5) is 9.87. The van der Waals surface area contributed by atoms with Crippen molar-refractivity contribution in [3.8, 4) is 33.9 Å². The Hall–Kier alpha value is -4.30. The van der Waals surface area contributed by atoms with E-state index >= 15 is 0 Å². The lowest BCUT2D eigenvalue weighted by atomic mass is 10.0. The van der Waals surface area contributed by atoms with Crippen LogP contribution in [0.25, 0.3) is 55.4 Å². The summed E-state index contributed by atoms with van der Waals surface area (Å²) in [5, 5.41) is 4.84. The first kappa shape index (κ1) is 18.5. The Morgan fingerprint density at radius 2 is 1.03 bits per heavy atom. The zero-order valence-corrected chi connectivity index (χ0v) is 17.4. The van der Waals surface area contributed by atoms with Crippen LogP contribution in [0.1, 0.15) is 0 Å². The van der Waals surface area contributed by atoms with Crippen LogP contribution in [-0.2, 0) is 0 Å². The Balaban J connectivity index is 1.56. The molecule has 5 aromatic carbocycles. The monoisotopic (exact) mass is 407 g/mol. The number of nitrogens with zero attached hydrogens (tertiary/aromatic N) is 2. The average molecular weight is 407 g/mol. The minimum atomic E-state index is 0.704. The van der Waals surface area contributed by atoms with E-state index in [0.717, 1.165) is 28.1 Å². The Morgan fingerprint density at radius 1 is 0.469 bits per heavy atom. The highest BCUT2D eigenvalue weighted by molar-refractivity contribution is 5.89. The van der Waals surface area contributed by atoms with Crippen molar-refractivity contribution in [3.05, 3.63) is 121 Å². The zero-order chi connectivity index (χ0) is 21.3. The second kappa shape index (κ2) is 7.75. The van der Waals surface area contributed by atoms with Gasteiger partial charge in [0.15, 0.2) is 5.82 Å². The largest absolute Gasteiger partial charge is 0.228 e. The summed E-state index contributed by atoms with van der Waals surface area (Å²) < 4.78 is 0. The fourth-order valence-electron chi connectivity index (χ4n) is 4.10. The van der Waals surface area contributed by atoms with Crippen LogP contribution in [0.5, 0.6) is 0 Å². The second-order valence-electron chi connectivity index (χ2n) is 7.88. The van der Waals surface area contributed by atoms with Crippen molar-refractivity contribution < 1.29 is 0 Å². The minimum absolute atomic E-state index is 0.704. The van der Waals surface area contributed by atoms with E-state index in [4.69, 9.17) is 9.97 Å². The maximum atomic E-state index is 4.94. The van der Waals surface area contributed by atoms with Gasteiger partial charge in [0.25, 0.3) is 0 Å². The molecule has 6 aromatic rings. The van der Waals surface area contributed by atoms with Gasteiger partial charge < -0.3 is 0 Å². The predicted octanol–water partition coefficient (Wildman–Crippen LogP) is 7.58. The Morgan fingerprint density at radius 3 is 1.56 bits per heavy atom. The van der Waals surface area contributed by atoms with Crippen LogP contribution < -0.4 is 0 Å². The van der Waals surface area contributed by atoms with E-state index in [0.29, 0.717) is 5.82 Å². The topological polar surface area (TPSA) is 25.8 Å². The summed E-state index contributed by atoms with van der Waals surface area (Å²) in [5.74, 6) is 0.704. The summed E-state index contributed by atoms with van der Waals surface area (Å²) in [5.41, 5.74) is 4.93. The Bertz CT molecular complexity index is 1470. The number of hydrogen-bond donors (Lipinski definition) is 0. The number of fused-ring (bicyclic) bond motifs is 2. The van der Waals surface area contributed by atoms with Gasteiger partial charge in [-0.05, 0) is 51.9 Å². The van der Waals surface area contributed by atoms with Gasteiger partial charge >= 0.3 is 0 Å². The van der Waals surface area contributed by atoms with Gasteiger partial charge in [0.2, 0.25) is 0 Å². The fourth-order valence-corrected chi connectivity index (χ4v) is 4.10. The molecule has 0 saturated carbocycles. The zero-order valence-electron chi connectivity index (χ0n) is 17.4. The average Bonchev–Trinajstić information content (AvgIpc) is 2.88. The molecule has 0 bridgehead atoms. The lowest BCUT2D eigenvalue weighted by Crippen LogP contribution is -1.96. The second-order valence-corrected chi connectivity index (χ2v) is 7.88. The Labute approximate surface area is 186 Å². The first-order valence-corrected chi connectivity index (χ1v) is 10.7. The van der Waals surface area contributed by atoms with Gasteiger partial charge in [0, 0.05) is 16.7 Å². The summed E-state index contributed by atoms with van der Waals surface area (Å²) in [6.45, 7) is 0. The van der Waals surface area contributed by atoms with Crippen molar-refractivity contribution in [2.45, 2.75) is 0 Å². The van der Waals surface area contributed by atoms with Crippen molar-refractivity contribution in [3.63, 3.8) is 0 Å². The molecule has 0 atom stereocenters. The number of rotatable bonds is 3. The van der Waals surface area contributed by atoms with E-state index < -0.39 is 0 Å². The molecule has 0 aliphatic carbocycles. The van der Waals surface area contributed by atoms with Crippen molar-refractivity contribution in [2.75, 3.05) is 0 Å². The predicted molar refractivity (Wildman–Crippen MR) is 132 cm³/mol. The smallest absolute Gasteiger partial charge is 0.160 e. The van der Waals surface area contributed by atoms with Gasteiger partial charge in [-0.2, -0.15) is 0 Å². The van der Waals surface area contributed by atoms with Gasteiger partial charge in [-0.15, -0.1) is 0 Å². The lowest BCUT2D eigenvalue weighted by molar-refractivity contribution is 1.18. The molecule has 2 nitrogen and oxygen atoms in total. The molecule has 0 unspecified atom stereocenters. The van der Waals surface area contributed by atoms with Crippen LogP contribution in [-0.4, -0.2) is 9.97 Å². The van der Waals surface area contributed by atoms with E-state index in [1.165, 1.54) is 21.5 Å². The lowest BCUT2D eigenvalue weighted by Gasteiger charge is -2.10. The fraction of sp³-hybridized carbons (Fsp3) is 0. The quantitative estimate of drug-likeness (QED) is 0.302. The molecule has 0 amide bonds. The molecule has 32 heavy (non-hydrogen) atoms. The van der Waals surface area contributed by atoms with E-state index in [1.54, 1.807) is 0 Å². The standard InChI is InChI=1S/C30H19N2/c1-2-10-23(11-3-1)30-31-28(26-16-14-21-8-4-6-12-24(21)18-26)20-29(32-30)27-17-15-22-9-5-7-13-25(22)19-27/h1-2,4-20H. The molecule has 0 spiro atoms. The molecular weight excluding hydrogens is 388 g/mol. The molecule has 0 N–H and O–H groups in total. The highest BCUT2D eigenvalue weighted by Crippen LogP contribution is 2.30. The summed E-state index contributed by atoms with van der Waals surface area (Å²) in [6.07, 6.45) is 0. The molecule has 0 aliphatic heterocycles. The van der Waals surface area contributed by atoms with Gasteiger partial charge in [-0.25, -0.2) is 9.97 Å². The molecule has 2 heteroatoms. The minimum Gasteiger partial charge on any atom is -0.228 e. The molecule has 6 rings (SSSR count). The van der Waals surface area contributed by atoms with E-state index in [2.05, 4.69) is 97.1 Å². The van der Waals surface area contributed by atoms with E-state index in [9.17, 15) is 0 Å². The van der Waals surface area contributed by atoms with E-state index in [-0.39, 0.29) is 0 Å². The van der Waals surface area contributed by atoms with Gasteiger partial charge in [0.1, 0.15) is 0 Å². The van der Waals surface area contributed by atoms with Crippen molar-refractivity contribution >= 4 is 21.5 Å². The normalized spacial score (nSPS) is 11.1. The van der Waals surface area contributed by atoms with Crippen LogP contribution in [0.2, 0.25) is 0 Å². The molecule has 1 heterocycles. The highest BCUT2D eigenvalue weighted by Gasteiger charge is 2.11. The van der Waals surface area contributed by atoms with Crippen molar-refractivity contribution in [2.24, 2.45) is 0 Å². The van der Waals surface area contributed by atoms with Crippen molar-refractivity contribution in [1.82, 2.24) is 9.97 Å². The first-order chi connectivity index (χ1) is 15.8. The van der Waals surface area contributed by atoms with Crippen molar-refractivity contribution in [1.29, 1.82) is 0 Å². The molecular formula is C30H19N2. The third-order valence-electron chi connectivity index (χ3n) is 5.78. The van der Waals surface area contributed by atoms with Gasteiger partial charge in [-0.1, -0.05) is 91.0 Å². The molecule has 0 saturated heterocycles. The van der Waals surface area contributed by atoms with Gasteiger partial charge in [-0.3, -0.25) is 0 Å². The molecule has 0 aliphatic rings. The summed E-state index contributed by atoms with van der Waals surface area (Å²) in [6, 6.07) is 42.8. The van der Waals surface area contributed by atoms with Crippen LogP contribution in [0.15, 0.2) is 115 Å².